The fraction of sp³-hybridized carbons (Fsp3) is 0.727. The first-order valence-electron chi connectivity index (χ1n) is 5.45. The maximum atomic E-state index is 4.66. The van der Waals surface area contributed by atoms with Crippen molar-refractivity contribution in [3.8, 4) is 0 Å². The van der Waals surface area contributed by atoms with E-state index in [0.717, 1.165) is 0 Å². The second-order valence-corrected chi connectivity index (χ2v) is 5.31. The summed E-state index contributed by atoms with van der Waals surface area (Å²) in [5, 5.41) is 7.96. The summed E-state index contributed by atoms with van der Waals surface area (Å²) in [7, 11) is 2.00. The van der Waals surface area contributed by atoms with Crippen LogP contribution in [0.4, 0.5) is 0 Å². The maximum absolute atomic E-state index is 4.66. The van der Waals surface area contributed by atoms with Crippen LogP contribution in [0, 0.1) is 13.8 Å². The van der Waals surface area contributed by atoms with Crippen LogP contribution < -0.4 is 5.32 Å². The zero-order valence-electron chi connectivity index (χ0n) is 9.87. The standard InChI is InChI=1S/C11H19N3S/c1-7(12-4)11-8(2)13-14(9(11)3)10-5-15-6-10/h7,10,12H,5-6H2,1-4H3. The largest absolute Gasteiger partial charge is 0.313 e. The first-order valence-corrected chi connectivity index (χ1v) is 6.61. The van der Waals surface area contributed by atoms with E-state index in [2.05, 4.69) is 35.9 Å². The van der Waals surface area contributed by atoms with E-state index in [1.807, 2.05) is 18.8 Å². The van der Waals surface area contributed by atoms with Crippen molar-refractivity contribution in [3.63, 3.8) is 0 Å². The summed E-state index contributed by atoms with van der Waals surface area (Å²) in [4.78, 5) is 0. The van der Waals surface area contributed by atoms with Gasteiger partial charge in [-0.1, -0.05) is 0 Å². The van der Waals surface area contributed by atoms with E-state index in [4.69, 9.17) is 0 Å². The third-order valence-electron chi connectivity index (χ3n) is 3.21. The smallest absolute Gasteiger partial charge is 0.0703 e. The lowest BCUT2D eigenvalue weighted by atomic mass is 10.1. The third kappa shape index (κ3) is 1.81. The summed E-state index contributed by atoms with van der Waals surface area (Å²) >= 11 is 2.00. The molecular weight excluding hydrogens is 206 g/mol. The molecule has 1 atom stereocenters. The highest BCUT2D eigenvalue weighted by Crippen LogP contribution is 2.32. The second kappa shape index (κ2) is 4.18. The topological polar surface area (TPSA) is 29.9 Å². The average Bonchev–Trinajstić information content (AvgIpc) is 2.39. The highest BCUT2D eigenvalue weighted by atomic mass is 32.2. The van der Waals surface area contributed by atoms with Crippen molar-refractivity contribution in [2.75, 3.05) is 18.6 Å². The number of nitrogens with one attached hydrogen (secondary N) is 1. The third-order valence-corrected chi connectivity index (χ3v) is 4.45. The monoisotopic (exact) mass is 225 g/mol. The maximum Gasteiger partial charge on any atom is 0.0703 e. The van der Waals surface area contributed by atoms with Crippen molar-refractivity contribution in [2.45, 2.75) is 32.9 Å². The zero-order chi connectivity index (χ0) is 11.0. The lowest BCUT2D eigenvalue weighted by Gasteiger charge is -2.26. The number of hydrogen-bond donors (Lipinski definition) is 1. The normalized spacial score (nSPS) is 18.9. The predicted molar refractivity (Wildman–Crippen MR) is 65.5 cm³/mol. The van der Waals surface area contributed by atoms with Gasteiger partial charge in [-0.05, 0) is 27.8 Å². The minimum atomic E-state index is 0.395. The molecule has 4 heteroatoms. The Morgan fingerprint density at radius 2 is 2.13 bits per heavy atom. The van der Waals surface area contributed by atoms with E-state index >= 15 is 0 Å². The quantitative estimate of drug-likeness (QED) is 0.854. The summed E-state index contributed by atoms with van der Waals surface area (Å²) < 4.78 is 2.22. The Kier molecular flexibility index (Phi) is 3.07. The average molecular weight is 225 g/mol. The van der Waals surface area contributed by atoms with Gasteiger partial charge in [0, 0.05) is 28.8 Å². The van der Waals surface area contributed by atoms with Crippen LogP contribution in [0.15, 0.2) is 0 Å². The fourth-order valence-electron chi connectivity index (χ4n) is 2.17. The summed E-state index contributed by atoms with van der Waals surface area (Å²) in [6.07, 6.45) is 0. The molecule has 1 fully saturated rings. The van der Waals surface area contributed by atoms with E-state index < -0.39 is 0 Å². The van der Waals surface area contributed by atoms with Crippen molar-refractivity contribution in [3.05, 3.63) is 17.0 Å². The summed E-state index contributed by atoms with van der Waals surface area (Å²) in [6, 6.07) is 1.03. The molecule has 0 aliphatic carbocycles. The van der Waals surface area contributed by atoms with Crippen LogP contribution in [-0.2, 0) is 0 Å². The van der Waals surface area contributed by atoms with Gasteiger partial charge in [-0.15, -0.1) is 0 Å². The Morgan fingerprint density at radius 3 is 2.60 bits per heavy atom. The molecule has 15 heavy (non-hydrogen) atoms. The van der Waals surface area contributed by atoms with Gasteiger partial charge >= 0.3 is 0 Å². The molecule has 0 aromatic carbocycles. The van der Waals surface area contributed by atoms with Crippen LogP contribution >= 0.6 is 11.8 Å². The molecular formula is C11H19N3S. The van der Waals surface area contributed by atoms with E-state index in [0.29, 0.717) is 12.1 Å². The molecule has 0 amide bonds. The van der Waals surface area contributed by atoms with Gasteiger partial charge < -0.3 is 5.32 Å². The molecule has 0 bridgehead atoms. The number of hydrogen-bond acceptors (Lipinski definition) is 3. The lowest BCUT2D eigenvalue weighted by molar-refractivity contribution is 0.509. The fourth-order valence-corrected chi connectivity index (χ4v) is 2.90. The number of nitrogens with zero attached hydrogens (tertiary/aromatic N) is 2. The molecule has 3 nitrogen and oxygen atoms in total. The van der Waals surface area contributed by atoms with Gasteiger partial charge in [0.15, 0.2) is 0 Å². The Bertz CT molecular complexity index is 355. The summed E-state index contributed by atoms with van der Waals surface area (Å²) in [6.45, 7) is 6.49. The van der Waals surface area contributed by atoms with E-state index in [-0.39, 0.29) is 0 Å². The van der Waals surface area contributed by atoms with Gasteiger partial charge in [0.25, 0.3) is 0 Å². The number of rotatable bonds is 3. The molecule has 1 saturated heterocycles. The molecule has 1 aromatic heterocycles. The van der Waals surface area contributed by atoms with E-state index in [1.54, 1.807) is 0 Å². The highest BCUT2D eigenvalue weighted by molar-refractivity contribution is 8.00. The van der Waals surface area contributed by atoms with Crippen LogP contribution in [0.25, 0.3) is 0 Å². The first kappa shape index (κ1) is 11.0. The minimum Gasteiger partial charge on any atom is -0.313 e. The lowest BCUT2D eigenvalue weighted by Crippen LogP contribution is -2.25. The van der Waals surface area contributed by atoms with Crippen LogP contribution in [0.5, 0.6) is 0 Å². The molecule has 0 saturated carbocycles. The molecule has 1 aromatic rings. The minimum absolute atomic E-state index is 0.395. The molecule has 1 N–H and O–H groups in total. The molecule has 84 valence electrons. The van der Waals surface area contributed by atoms with Gasteiger partial charge in [-0.3, -0.25) is 4.68 Å². The number of thioether (sulfide) groups is 1. The first-order chi connectivity index (χ1) is 7.15. The van der Waals surface area contributed by atoms with Crippen molar-refractivity contribution >= 4 is 11.8 Å². The van der Waals surface area contributed by atoms with Crippen LogP contribution in [0.1, 0.15) is 36.0 Å². The summed E-state index contributed by atoms with van der Waals surface area (Å²) in [5.74, 6) is 2.44. The molecule has 0 spiro atoms. The molecule has 1 unspecified atom stereocenters. The molecule has 1 aliphatic rings. The zero-order valence-corrected chi connectivity index (χ0v) is 10.7. The Hall–Kier alpha value is -0.480. The van der Waals surface area contributed by atoms with Gasteiger partial charge in [0.1, 0.15) is 0 Å². The van der Waals surface area contributed by atoms with Gasteiger partial charge in [-0.2, -0.15) is 16.9 Å². The van der Waals surface area contributed by atoms with Gasteiger partial charge in [0.2, 0.25) is 0 Å². The highest BCUT2D eigenvalue weighted by Gasteiger charge is 2.25. The predicted octanol–water partition coefficient (Wildman–Crippen LogP) is 2.07. The molecule has 2 rings (SSSR count). The van der Waals surface area contributed by atoms with Gasteiger partial charge in [0.05, 0.1) is 11.7 Å². The van der Waals surface area contributed by atoms with Crippen molar-refractivity contribution in [2.24, 2.45) is 0 Å². The Morgan fingerprint density at radius 1 is 1.47 bits per heavy atom. The number of aryl methyl sites for hydroxylation is 1. The van der Waals surface area contributed by atoms with Gasteiger partial charge in [-0.25, -0.2) is 0 Å². The SMILES string of the molecule is CNC(C)c1c(C)nn(C2CSC2)c1C. The summed E-state index contributed by atoms with van der Waals surface area (Å²) in [5.41, 5.74) is 3.88. The molecule has 2 heterocycles. The van der Waals surface area contributed by atoms with Crippen LogP contribution in [0.3, 0.4) is 0 Å². The van der Waals surface area contributed by atoms with Crippen molar-refractivity contribution < 1.29 is 0 Å². The second-order valence-electron chi connectivity index (χ2n) is 4.23. The Labute approximate surface area is 95.6 Å². The number of aromatic nitrogens is 2. The van der Waals surface area contributed by atoms with Crippen molar-refractivity contribution in [1.29, 1.82) is 0 Å². The Balaban J connectivity index is 2.34. The van der Waals surface area contributed by atoms with E-state index in [1.165, 1.54) is 28.5 Å². The van der Waals surface area contributed by atoms with Crippen LogP contribution in [0.2, 0.25) is 0 Å². The van der Waals surface area contributed by atoms with E-state index in [9.17, 15) is 0 Å². The molecule has 0 radical (unpaired) electrons. The van der Waals surface area contributed by atoms with Crippen LogP contribution in [-0.4, -0.2) is 28.3 Å². The van der Waals surface area contributed by atoms with Crippen molar-refractivity contribution in [1.82, 2.24) is 15.1 Å². The molecule has 1 aliphatic heterocycles.